The van der Waals surface area contributed by atoms with Gasteiger partial charge in [-0.1, -0.05) is 0 Å². The third-order valence-corrected chi connectivity index (χ3v) is 3.74. The lowest BCUT2D eigenvalue weighted by Gasteiger charge is -2.26. The molecule has 2 fully saturated rings. The number of ether oxygens (including phenoxy) is 1. The maximum atomic E-state index is 12.2. The number of nitrogens with zero attached hydrogens (tertiary/aromatic N) is 3. The molecule has 1 saturated carbocycles. The number of hydrogen-bond donors (Lipinski definition) is 0. The Balaban J connectivity index is 1.77. The second-order valence-electron chi connectivity index (χ2n) is 4.75. The zero-order valence-corrected chi connectivity index (χ0v) is 9.80. The summed E-state index contributed by atoms with van der Waals surface area (Å²) in [4.78, 5) is 14.2. The summed E-state index contributed by atoms with van der Waals surface area (Å²) >= 11 is 0. The van der Waals surface area contributed by atoms with E-state index in [1.807, 2.05) is 4.90 Å². The molecule has 1 aliphatic carbocycles. The van der Waals surface area contributed by atoms with Crippen LogP contribution in [0.15, 0.2) is 12.1 Å². The molecular formula is C12H15N3O2. The first-order valence-corrected chi connectivity index (χ1v) is 5.96. The Morgan fingerprint density at radius 2 is 2.29 bits per heavy atom. The Labute approximate surface area is 99.8 Å². The van der Waals surface area contributed by atoms with Crippen LogP contribution in [0.4, 0.5) is 0 Å². The van der Waals surface area contributed by atoms with Crippen LogP contribution in [-0.2, 0) is 0 Å². The standard InChI is InChI=1S/C12H15N3O2/c1-17-11-5-4-10(13-14-11)12(16)15-7-8-2-3-9(15)6-8/h4-5,8-9H,2-3,6-7H2,1H3/t8-,9-/m1/s1. The summed E-state index contributed by atoms with van der Waals surface area (Å²) < 4.78 is 4.93. The summed E-state index contributed by atoms with van der Waals surface area (Å²) in [7, 11) is 1.53. The fourth-order valence-electron chi connectivity index (χ4n) is 2.86. The minimum Gasteiger partial charge on any atom is -0.480 e. The van der Waals surface area contributed by atoms with Gasteiger partial charge in [0.15, 0.2) is 5.69 Å². The molecule has 0 radical (unpaired) electrons. The highest BCUT2D eigenvalue weighted by Gasteiger charge is 2.40. The van der Waals surface area contributed by atoms with Gasteiger partial charge in [0.2, 0.25) is 5.88 Å². The van der Waals surface area contributed by atoms with E-state index in [2.05, 4.69) is 10.2 Å². The van der Waals surface area contributed by atoms with Crippen molar-refractivity contribution in [3.05, 3.63) is 17.8 Å². The third-order valence-electron chi connectivity index (χ3n) is 3.74. The van der Waals surface area contributed by atoms with Gasteiger partial charge in [-0.3, -0.25) is 4.79 Å². The van der Waals surface area contributed by atoms with Crippen molar-refractivity contribution in [2.24, 2.45) is 5.92 Å². The molecule has 1 amide bonds. The third kappa shape index (κ3) is 1.75. The van der Waals surface area contributed by atoms with Crippen LogP contribution in [0.5, 0.6) is 5.88 Å². The van der Waals surface area contributed by atoms with E-state index in [1.54, 1.807) is 12.1 Å². The van der Waals surface area contributed by atoms with E-state index in [9.17, 15) is 4.79 Å². The molecule has 1 aliphatic heterocycles. The molecule has 1 aromatic heterocycles. The van der Waals surface area contributed by atoms with Crippen LogP contribution in [0.25, 0.3) is 0 Å². The van der Waals surface area contributed by atoms with Crippen LogP contribution in [0.3, 0.4) is 0 Å². The fraction of sp³-hybridized carbons (Fsp3) is 0.583. The van der Waals surface area contributed by atoms with Crippen LogP contribution < -0.4 is 4.74 Å². The Morgan fingerprint density at radius 1 is 1.41 bits per heavy atom. The Hall–Kier alpha value is -1.65. The molecule has 2 bridgehead atoms. The number of methoxy groups -OCH3 is 1. The van der Waals surface area contributed by atoms with Gasteiger partial charge in [-0.25, -0.2) is 0 Å². The van der Waals surface area contributed by atoms with E-state index in [-0.39, 0.29) is 5.91 Å². The van der Waals surface area contributed by atoms with Crippen molar-refractivity contribution in [2.75, 3.05) is 13.7 Å². The first kappa shape index (κ1) is 10.5. The van der Waals surface area contributed by atoms with E-state index in [0.29, 0.717) is 23.5 Å². The second-order valence-corrected chi connectivity index (χ2v) is 4.75. The highest BCUT2D eigenvalue weighted by molar-refractivity contribution is 5.92. The summed E-state index contributed by atoms with van der Waals surface area (Å²) in [5, 5.41) is 7.74. The zero-order valence-electron chi connectivity index (χ0n) is 9.80. The van der Waals surface area contributed by atoms with E-state index >= 15 is 0 Å². The molecule has 17 heavy (non-hydrogen) atoms. The molecule has 90 valence electrons. The van der Waals surface area contributed by atoms with Crippen LogP contribution >= 0.6 is 0 Å². The lowest BCUT2D eigenvalue weighted by molar-refractivity contribution is 0.0696. The second kappa shape index (κ2) is 3.98. The SMILES string of the molecule is COc1ccc(C(=O)N2C[C@@H]3CC[C@@H]2C3)nn1. The molecule has 0 unspecified atom stereocenters. The van der Waals surface area contributed by atoms with E-state index in [4.69, 9.17) is 4.74 Å². The highest BCUT2D eigenvalue weighted by atomic mass is 16.5. The number of rotatable bonds is 2. The number of piperidine rings is 1. The first-order valence-electron chi connectivity index (χ1n) is 5.96. The number of carbonyl (C=O) groups is 1. The summed E-state index contributed by atoms with van der Waals surface area (Å²) in [6.45, 7) is 0.886. The molecule has 2 atom stereocenters. The molecule has 1 aromatic rings. The van der Waals surface area contributed by atoms with Crippen LogP contribution in [0, 0.1) is 5.92 Å². The van der Waals surface area contributed by atoms with Crippen LogP contribution in [-0.4, -0.2) is 40.7 Å². The van der Waals surface area contributed by atoms with E-state index in [1.165, 1.54) is 13.5 Å². The fourth-order valence-corrected chi connectivity index (χ4v) is 2.86. The van der Waals surface area contributed by atoms with Gasteiger partial charge < -0.3 is 9.64 Å². The van der Waals surface area contributed by atoms with Crippen molar-refractivity contribution in [1.29, 1.82) is 0 Å². The molecule has 0 spiro atoms. The average molecular weight is 233 g/mol. The van der Waals surface area contributed by atoms with Crippen molar-refractivity contribution >= 4 is 5.91 Å². The van der Waals surface area contributed by atoms with E-state index in [0.717, 1.165) is 19.4 Å². The van der Waals surface area contributed by atoms with Gasteiger partial charge in [0.25, 0.3) is 5.91 Å². The zero-order chi connectivity index (χ0) is 11.8. The molecule has 5 heteroatoms. The minimum absolute atomic E-state index is 0.00681. The van der Waals surface area contributed by atoms with Gasteiger partial charge in [0.1, 0.15) is 0 Å². The van der Waals surface area contributed by atoms with Gasteiger partial charge in [-0.2, -0.15) is 0 Å². The molecule has 2 aliphatic rings. The Morgan fingerprint density at radius 3 is 2.82 bits per heavy atom. The first-order chi connectivity index (χ1) is 8.28. The molecule has 1 saturated heterocycles. The number of hydrogen-bond acceptors (Lipinski definition) is 4. The van der Waals surface area contributed by atoms with Gasteiger partial charge >= 0.3 is 0 Å². The predicted octanol–water partition coefficient (Wildman–Crippen LogP) is 1.11. The van der Waals surface area contributed by atoms with Crippen molar-refractivity contribution < 1.29 is 9.53 Å². The van der Waals surface area contributed by atoms with Crippen molar-refractivity contribution in [2.45, 2.75) is 25.3 Å². The number of aromatic nitrogens is 2. The monoisotopic (exact) mass is 233 g/mol. The molecule has 2 heterocycles. The highest BCUT2D eigenvalue weighted by Crippen LogP contribution is 2.37. The maximum absolute atomic E-state index is 12.2. The number of likely N-dealkylation sites (tertiary alicyclic amines) is 1. The largest absolute Gasteiger partial charge is 0.480 e. The van der Waals surface area contributed by atoms with Gasteiger partial charge in [0, 0.05) is 18.7 Å². The Bertz CT molecular complexity index is 432. The quantitative estimate of drug-likeness (QED) is 0.767. The topological polar surface area (TPSA) is 55.3 Å². The summed E-state index contributed by atoms with van der Waals surface area (Å²) in [6, 6.07) is 3.78. The van der Waals surface area contributed by atoms with Crippen molar-refractivity contribution in [3.8, 4) is 5.88 Å². The Kier molecular flexibility index (Phi) is 2.46. The number of amides is 1. The maximum Gasteiger partial charge on any atom is 0.274 e. The normalized spacial score (nSPS) is 26.3. The molecule has 0 aromatic carbocycles. The van der Waals surface area contributed by atoms with Crippen molar-refractivity contribution in [1.82, 2.24) is 15.1 Å². The van der Waals surface area contributed by atoms with Crippen LogP contribution in [0.1, 0.15) is 29.8 Å². The van der Waals surface area contributed by atoms with E-state index < -0.39 is 0 Å². The summed E-state index contributed by atoms with van der Waals surface area (Å²) in [6.07, 6.45) is 3.57. The number of fused-ring (bicyclic) bond motifs is 2. The molecular weight excluding hydrogens is 218 g/mol. The van der Waals surface area contributed by atoms with Crippen molar-refractivity contribution in [3.63, 3.8) is 0 Å². The van der Waals surface area contributed by atoms with Gasteiger partial charge in [-0.15, -0.1) is 10.2 Å². The lowest BCUT2D eigenvalue weighted by atomic mass is 10.1. The molecule has 3 rings (SSSR count). The summed E-state index contributed by atoms with van der Waals surface area (Å²) in [5.74, 6) is 1.15. The lowest BCUT2D eigenvalue weighted by Crippen LogP contribution is -2.38. The average Bonchev–Trinajstić information content (AvgIpc) is 3.00. The summed E-state index contributed by atoms with van der Waals surface area (Å²) in [5.41, 5.74) is 0.415. The minimum atomic E-state index is 0.00681. The van der Waals surface area contributed by atoms with Gasteiger partial charge in [0.05, 0.1) is 7.11 Å². The van der Waals surface area contributed by atoms with Crippen LogP contribution in [0.2, 0.25) is 0 Å². The molecule has 0 N–H and O–H groups in total. The number of carbonyl (C=O) groups excluding carboxylic acids is 1. The molecule has 5 nitrogen and oxygen atoms in total. The smallest absolute Gasteiger partial charge is 0.274 e. The predicted molar refractivity (Wildman–Crippen MR) is 60.7 cm³/mol. The van der Waals surface area contributed by atoms with Gasteiger partial charge in [-0.05, 0) is 31.2 Å².